The van der Waals surface area contributed by atoms with Crippen molar-refractivity contribution >= 4 is 10.0 Å². The predicted octanol–water partition coefficient (Wildman–Crippen LogP) is 2.03. The standard InChI is InChI=1S/C18H16FN3O3S/c19-15-7-4-8-16(11-15)26(24,25)21-9-10-22-13-20-17(12-18(22)23)14-5-2-1-3-6-14/h1-8,11-13,21H,9-10H2. The van der Waals surface area contributed by atoms with Gasteiger partial charge < -0.3 is 0 Å². The van der Waals surface area contributed by atoms with E-state index in [1.807, 2.05) is 30.3 Å². The van der Waals surface area contributed by atoms with Crippen LogP contribution in [0.15, 0.2) is 76.7 Å². The number of hydrogen-bond acceptors (Lipinski definition) is 4. The highest BCUT2D eigenvalue weighted by Crippen LogP contribution is 2.13. The summed E-state index contributed by atoms with van der Waals surface area (Å²) in [6, 6.07) is 15.4. The number of rotatable bonds is 6. The molecule has 0 saturated heterocycles. The Labute approximate surface area is 150 Å². The Morgan fingerprint density at radius 1 is 1.04 bits per heavy atom. The van der Waals surface area contributed by atoms with E-state index in [1.54, 1.807) is 0 Å². The van der Waals surface area contributed by atoms with Crippen LogP contribution in [-0.2, 0) is 16.6 Å². The fourth-order valence-corrected chi connectivity index (χ4v) is 3.43. The molecule has 0 bridgehead atoms. The molecular formula is C18H16FN3O3S. The van der Waals surface area contributed by atoms with Crippen LogP contribution in [0.1, 0.15) is 0 Å². The molecule has 0 saturated carbocycles. The minimum Gasteiger partial charge on any atom is -0.298 e. The van der Waals surface area contributed by atoms with Crippen molar-refractivity contribution in [1.29, 1.82) is 0 Å². The number of hydrogen-bond donors (Lipinski definition) is 1. The second-order valence-corrected chi connectivity index (χ2v) is 7.29. The van der Waals surface area contributed by atoms with E-state index in [1.165, 1.54) is 35.2 Å². The van der Waals surface area contributed by atoms with Crippen LogP contribution in [0, 0.1) is 5.82 Å². The Hall–Kier alpha value is -2.84. The van der Waals surface area contributed by atoms with Crippen molar-refractivity contribution in [3.05, 3.63) is 83.2 Å². The largest absolute Gasteiger partial charge is 0.298 e. The first-order valence-corrected chi connectivity index (χ1v) is 9.31. The number of aromatic nitrogens is 2. The van der Waals surface area contributed by atoms with E-state index in [0.717, 1.165) is 11.6 Å². The smallest absolute Gasteiger partial charge is 0.253 e. The van der Waals surface area contributed by atoms with Gasteiger partial charge >= 0.3 is 0 Å². The lowest BCUT2D eigenvalue weighted by atomic mass is 10.1. The fraction of sp³-hybridized carbons (Fsp3) is 0.111. The molecule has 0 aliphatic carbocycles. The highest BCUT2D eigenvalue weighted by molar-refractivity contribution is 7.89. The Morgan fingerprint density at radius 3 is 2.50 bits per heavy atom. The van der Waals surface area contributed by atoms with E-state index in [4.69, 9.17) is 0 Å². The molecule has 3 rings (SSSR count). The van der Waals surface area contributed by atoms with Crippen LogP contribution in [0.2, 0.25) is 0 Å². The molecular weight excluding hydrogens is 357 g/mol. The van der Waals surface area contributed by atoms with Crippen molar-refractivity contribution in [3.63, 3.8) is 0 Å². The third-order valence-electron chi connectivity index (χ3n) is 3.70. The molecule has 134 valence electrons. The van der Waals surface area contributed by atoms with Crippen molar-refractivity contribution in [2.24, 2.45) is 0 Å². The molecule has 0 spiro atoms. The summed E-state index contributed by atoms with van der Waals surface area (Å²) in [5.41, 5.74) is 1.08. The third kappa shape index (κ3) is 4.22. The van der Waals surface area contributed by atoms with Gasteiger partial charge in [-0.05, 0) is 18.2 Å². The number of benzene rings is 2. The van der Waals surface area contributed by atoms with Gasteiger partial charge in [0.1, 0.15) is 5.82 Å². The predicted molar refractivity (Wildman–Crippen MR) is 95.5 cm³/mol. The third-order valence-corrected chi connectivity index (χ3v) is 5.16. The van der Waals surface area contributed by atoms with E-state index in [-0.39, 0.29) is 23.5 Å². The first-order chi connectivity index (χ1) is 12.5. The zero-order valence-corrected chi connectivity index (χ0v) is 14.5. The van der Waals surface area contributed by atoms with E-state index in [2.05, 4.69) is 9.71 Å². The van der Waals surface area contributed by atoms with Gasteiger partial charge in [-0.25, -0.2) is 22.5 Å². The van der Waals surface area contributed by atoms with Crippen molar-refractivity contribution in [3.8, 4) is 11.3 Å². The molecule has 0 aliphatic heterocycles. The number of nitrogens with one attached hydrogen (secondary N) is 1. The molecule has 0 unspecified atom stereocenters. The molecule has 0 fully saturated rings. The van der Waals surface area contributed by atoms with Gasteiger partial charge in [-0.2, -0.15) is 0 Å². The van der Waals surface area contributed by atoms with Crippen molar-refractivity contribution in [1.82, 2.24) is 14.3 Å². The molecule has 1 N–H and O–H groups in total. The minimum atomic E-state index is -3.84. The Bertz CT molecular complexity index is 1070. The molecule has 6 nitrogen and oxygen atoms in total. The van der Waals surface area contributed by atoms with Crippen LogP contribution in [0.4, 0.5) is 4.39 Å². The van der Waals surface area contributed by atoms with E-state index in [9.17, 15) is 17.6 Å². The van der Waals surface area contributed by atoms with Gasteiger partial charge in [-0.3, -0.25) is 9.36 Å². The summed E-state index contributed by atoms with van der Waals surface area (Å²) in [5.74, 6) is -0.634. The normalized spacial score (nSPS) is 11.4. The lowest BCUT2D eigenvalue weighted by Gasteiger charge is -2.09. The molecule has 1 heterocycles. The lowest BCUT2D eigenvalue weighted by molar-refractivity contribution is 0.566. The molecule has 0 atom stereocenters. The zero-order valence-electron chi connectivity index (χ0n) is 13.7. The quantitative estimate of drug-likeness (QED) is 0.717. The van der Waals surface area contributed by atoms with Gasteiger partial charge in [0.25, 0.3) is 5.56 Å². The molecule has 8 heteroatoms. The molecule has 3 aromatic rings. The van der Waals surface area contributed by atoms with Crippen molar-refractivity contribution < 1.29 is 12.8 Å². The second-order valence-electron chi connectivity index (χ2n) is 5.53. The lowest BCUT2D eigenvalue weighted by Crippen LogP contribution is -2.31. The van der Waals surface area contributed by atoms with Gasteiger partial charge in [-0.15, -0.1) is 0 Å². The maximum Gasteiger partial charge on any atom is 0.253 e. The summed E-state index contributed by atoms with van der Waals surface area (Å²) in [7, 11) is -3.84. The van der Waals surface area contributed by atoms with Gasteiger partial charge in [0, 0.05) is 24.7 Å². The van der Waals surface area contributed by atoms with E-state index < -0.39 is 15.8 Å². The summed E-state index contributed by atoms with van der Waals surface area (Å²) in [6.45, 7) is 0.0839. The van der Waals surface area contributed by atoms with Gasteiger partial charge in [0.2, 0.25) is 10.0 Å². The van der Waals surface area contributed by atoms with Crippen molar-refractivity contribution in [2.45, 2.75) is 11.4 Å². The number of sulfonamides is 1. The number of nitrogens with zero attached hydrogens (tertiary/aromatic N) is 2. The van der Waals surface area contributed by atoms with Crippen LogP contribution in [0.25, 0.3) is 11.3 Å². The summed E-state index contributed by atoms with van der Waals surface area (Å²) < 4.78 is 41.1. The minimum absolute atomic E-state index is 0.0227. The molecule has 0 aliphatic rings. The van der Waals surface area contributed by atoms with Crippen LogP contribution >= 0.6 is 0 Å². The Morgan fingerprint density at radius 2 is 1.81 bits per heavy atom. The van der Waals surface area contributed by atoms with Crippen LogP contribution in [0.3, 0.4) is 0 Å². The van der Waals surface area contributed by atoms with Crippen LogP contribution in [-0.4, -0.2) is 24.5 Å². The summed E-state index contributed by atoms with van der Waals surface area (Å²) in [6.07, 6.45) is 1.38. The highest BCUT2D eigenvalue weighted by Gasteiger charge is 2.14. The van der Waals surface area contributed by atoms with Crippen LogP contribution < -0.4 is 10.3 Å². The van der Waals surface area contributed by atoms with E-state index in [0.29, 0.717) is 5.69 Å². The SMILES string of the molecule is O=c1cc(-c2ccccc2)ncn1CCNS(=O)(=O)c1cccc(F)c1. The maximum atomic E-state index is 13.2. The van der Waals surface area contributed by atoms with Gasteiger partial charge in [-0.1, -0.05) is 36.4 Å². The molecule has 2 aromatic carbocycles. The highest BCUT2D eigenvalue weighted by atomic mass is 32.2. The molecule has 0 radical (unpaired) electrons. The monoisotopic (exact) mass is 373 g/mol. The Balaban J connectivity index is 1.68. The summed E-state index contributed by atoms with van der Waals surface area (Å²) in [4.78, 5) is 16.2. The van der Waals surface area contributed by atoms with Crippen molar-refractivity contribution in [2.75, 3.05) is 6.54 Å². The second kappa shape index (κ2) is 7.59. The first kappa shape index (κ1) is 18.0. The Kier molecular flexibility index (Phi) is 5.24. The molecule has 1 aromatic heterocycles. The van der Waals surface area contributed by atoms with Crippen LogP contribution in [0.5, 0.6) is 0 Å². The first-order valence-electron chi connectivity index (χ1n) is 7.83. The fourth-order valence-electron chi connectivity index (χ4n) is 2.38. The topological polar surface area (TPSA) is 81.1 Å². The average Bonchev–Trinajstić information content (AvgIpc) is 2.64. The maximum absolute atomic E-state index is 13.2. The number of halogens is 1. The zero-order chi connectivity index (χ0) is 18.6. The summed E-state index contributed by atoms with van der Waals surface area (Å²) in [5, 5.41) is 0. The van der Waals surface area contributed by atoms with Gasteiger partial charge in [0.05, 0.1) is 16.9 Å². The van der Waals surface area contributed by atoms with Gasteiger partial charge in [0.15, 0.2) is 0 Å². The molecule has 0 amide bonds. The molecule has 26 heavy (non-hydrogen) atoms. The summed E-state index contributed by atoms with van der Waals surface area (Å²) >= 11 is 0. The van der Waals surface area contributed by atoms with E-state index >= 15 is 0 Å². The average molecular weight is 373 g/mol.